The van der Waals surface area contributed by atoms with Crippen LogP contribution in [0.15, 0.2) is 54.6 Å². The molecule has 5 heteroatoms. The highest BCUT2D eigenvalue weighted by atomic mass is 127. The Bertz CT molecular complexity index is 647. The van der Waals surface area contributed by atoms with Gasteiger partial charge in [-0.2, -0.15) is 0 Å². The summed E-state index contributed by atoms with van der Waals surface area (Å²) in [6.07, 6.45) is -1.64. The lowest BCUT2D eigenvalue weighted by molar-refractivity contribution is 0.0746. The first-order chi connectivity index (χ1) is 10.5. The molecule has 0 saturated carbocycles. The number of hydrogen-bond donors (Lipinski definition) is 3. The number of amides is 1. The van der Waals surface area contributed by atoms with E-state index in [9.17, 15) is 15.0 Å². The zero-order chi connectivity index (χ0) is 16.2. The van der Waals surface area contributed by atoms with E-state index in [1.807, 2.05) is 61.5 Å². The van der Waals surface area contributed by atoms with Crippen molar-refractivity contribution in [3.05, 3.63) is 69.3 Å². The molecule has 22 heavy (non-hydrogen) atoms. The summed E-state index contributed by atoms with van der Waals surface area (Å²) in [5.74, 6) is 0. The van der Waals surface area contributed by atoms with Gasteiger partial charge in [-0.25, -0.2) is 4.79 Å². The maximum atomic E-state index is 11.5. The van der Waals surface area contributed by atoms with E-state index >= 15 is 0 Å². The second kappa shape index (κ2) is 7.11. The lowest BCUT2D eigenvalue weighted by atomic mass is 9.77. The van der Waals surface area contributed by atoms with Crippen molar-refractivity contribution in [2.75, 3.05) is 0 Å². The molecule has 2 atom stereocenters. The molecule has 0 aromatic heterocycles. The summed E-state index contributed by atoms with van der Waals surface area (Å²) in [7, 11) is 0. The molecule has 0 aliphatic heterocycles. The highest BCUT2D eigenvalue weighted by molar-refractivity contribution is 14.1. The van der Waals surface area contributed by atoms with E-state index in [1.54, 1.807) is 0 Å². The van der Waals surface area contributed by atoms with Crippen LogP contribution in [0.5, 0.6) is 0 Å². The van der Waals surface area contributed by atoms with E-state index in [-0.39, 0.29) is 0 Å². The second-order valence-electron chi connectivity index (χ2n) is 5.01. The van der Waals surface area contributed by atoms with E-state index in [2.05, 4.69) is 27.9 Å². The predicted octanol–water partition coefficient (Wildman–Crippen LogP) is 3.57. The minimum Gasteiger partial charge on any atom is -0.465 e. The summed E-state index contributed by atoms with van der Waals surface area (Å²) in [6, 6.07) is 16.7. The van der Waals surface area contributed by atoms with Crippen LogP contribution < -0.4 is 5.32 Å². The van der Waals surface area contributed by atoms with E-state index in [0.717, 1.165) is 14.7 Å². The molecule has 0 saturated heterocycles. The zero-order valence-electron chi connectivity index (χ0n) is 12.2. The number of rotatable bonds is 5. The minimum absolute atomic E-state index is 0.417. The Morgan fingerprint density at radius 1 is 1.18 bits per heavy atom. The Morgan fingerprint density at radius 2 is 1.77 bits per heavy atom. The molecular formula is C17H18INO3. The van der Waals surface area contributed by atoms with E-state index < -0.39 is 17.7 Å². The first-order valence-corrected chi connectivity index (χ1v) is 8.10. The van der Waals surface area contributed by atoms with Crippen molar-refractivity contribution in [2.45, 2.75) is 25.0 Å². The predicted molar refractivity (Wildman–Crippen MR) is 93.8 cm³/mol. The molecule has 1 amide bonds. The third-order valence-electron chi connectivity index (χ3n) is 3.72. The van der Waals surface area contributed by atoms with Gasteiger partial charge in [0, 0.05) is 3.57 Å². The molecule has 3 N–H and O–H groups in total. The standard InChI is InChI=1S/C17H18INO3/c1-2-15(20)17(19-16(21)22,12-8-4-3-5-9-12)13-10-6-7-11-14(13)18/h3-11,15,19-20H,2H2,1H3,(H,21,22). The number of carboxylic acid groups (broad SMARTS) is 1. The molecule has 0 radical (unpaired) electrons. The minimum atomic E-state index is -1.19. The van der Waals surface area contributed by atoms with Crippen molar-refractivity contribution < 1.29 is 15.0 Å². The van der Waals surface area contributed by atoms with Crippen molar-refractivity contribution in [2.24, 2.45) is 0 Å². The molecule has 4 nitrogen and oxygen atoms in total. The fourth-order valence-corrected chi connectivity index (χ4v) is 3.52. The zero-order valence-corrected chi connectivity index (χ0v) is 14.3. The van der Waals surface area contributed by atoms with Crippen LogP contribution in [0, 0.1) is 3.57 Å². The first-order valence-electron chi connectivity index (χ1n) is 7.02. The largest absolute Gasteiger partial charge is 0.465 e. The molecule has 2 unspecified atom stereocenters. The van der Waals surface area contributed by atoms with E-state index in [1.165, 1.54) is 0 Å². The normalized spacial score (nSPS) is 14.9. The summed E-state index contributed by atoms with van der Waals surface area (Å²) in [6.45, 7) is 1.84. The number of aliphatic hydroxyl groups excluding tert-OH is 1. The lowest BCUT2D eigenvalue weighted by Crippen LogP contribution is -2.54. The lowest BCUT2D eigenvalue weighted by Gasteiger charge is -2.39. The van der Waals surface area contributed by atoms with Crippen LogP contribution in [0.3, 0.4) is 0 Å². The van der Waals surface area contributed by atoms with Crippen LogP contribution >= 0.6 is 22.6 Å². The molecular weight excluding hydrogens is 393 g/mol. The van der Waals surface area contributed by atoms with Crippen LogP contribution in [0.4, 0.5) is 4.79 Å². The van der Waals surface area contributed by atoms with E-state index in [0.29, 0.717) is 6.42 Å². The molecule has 2 aromatic carbocycles. The van der Waals surface area contributed by atoms with Gasteiger partial charge in [0.2, 0.25) is 0 Å². The van der Waals surface area contributed by atoms with Gasteiger partial charge in [0.05, 0.1) is 6.10 Å². The Morgan fingerprint density at radius 3 is 2.32 bits per heavy atom. The monoisotopic (exact) mass is 411 g/mol. The molecule has 2 rings (SSSR count). The molecule has 0 aliphatic rings. The van der Waals surface area contributed by atoms with Gasteiger partial charge < -0.3 is 15.5 Å². The van der Waals surface area contributed by atoms with Crippen LogP contribution in [0.25, 0.3) is 0 Å². The van der Waals surface area contributed by atoms with Crippen molar-refractivity contribution >= 4 is 28.7 Å². The van der Waals surface area contributed by atoms with Crippen LogP contribution in [-0.2, 0) is 5.54 Å². The van der Waals surface area contributed by atoms with Gasteiger partial charge >= 0.3 is 6.09 Å². The third-order valence-corrected chi connectivity index (χ3v) is 4.66. The molecule has 116 valence electrons. The highest BCUT2D eigenvalue weighted by Crippen LogP contribution is 2.37. The fourth-order valence-electron chi connectivity index (χ4n) is 2.71. The van der Waals surface area contributed by atoms with Gasteiger partial charge in [0.25, 0.3) is 0 Å². The van der Waals surface area contributed by atoms with Crippen molar-refractivity contribution in [1.82, 2.24) is 5.32 Å². The maximum absolute atomic E-state index is 11.5. The summed E-state index contributed by atoms with van der Waals surface area (Å²) in [5, 5.41) is 22.7. The highest BCUT2D eigenvalue weighted by Gasteiger charge is 2.43. The molecule has 0 spiro atoms. The van der Waals surface area contributed by atoms with Gasteiger partial charge in [0.1, 0.15) is 5.54 Å². The van der Waals surface area contributed by atoms with Crippen molar-refractivity contribution in [1.29, 1.82) is 0 Å². The first kappa shape index (κ1) is 16.8. The fraction of sp³-hybridized carbons (Fsp3) is 0.235. The maximum Gasteiger partial charge on any atom is 0.405 e. The van der Waals surface area contributed by atoms with Crippen molar-refractivity contribution in [3.63, 3.8) is 0 Å². The number of nitrogens with one attached hydrogen (secondary N) is 1. The van der Waals surface area contributed by atoms with Gasteiger partial charge in [-0.3, -0.25) is 0 Å². The third kappa shape index (κ3) is 3.10. The summed E-state index contributed by atoms with van der Waals surface area (Å²) >= 11 is 2.16. The van der Waals surface area contributed by atoms with Gasteiger partial charge in [-0.1, -0.05) is 55.5 Å². The van der Waals surface area contributed by atoms with E-state index in [4.69, 9.17) is 0 Å². The Balaban J connectivity index is 2.76. The summed E-state index contributed by atoms with van der Waals surface area (Å²) in [5.41, 5.74) is 0.272. The number of aliphatic hydroxyl groups is 1. The number of halogens is 1. The van der Waals surface area contributed by atoms with Gasteiger partial charge in [-0.05, 0) is 46.2 Å². The van der Waals surface area contributed by atoms with Crippen LogP contribution in [-0.4, -0.2) is 22.4 Å². The summed E-state index contributed by atoms with van der Waals surface area (Å²) < 4.78 is 0.894. The molecule has 0 heterocycles. The van der Waals surface area contributed by atoms with Crippen LogP contribution in [0.1, 0.15) is 24.5 Å². The Kier molecular flexibility index (Phi) is 5.42. The second-order valence-corrected chi connectivity index (χ2v) is 6.17. The quantitative estimate of drug-likeness (QED) is 0.659. The average Bonchev–Trinajstić information content (AvgIpc) is 2.53. The molecule has 2 aromatic rings. The molecule has 0 fully saturated rings. The SMILES string of the molecule is CCC(O)C(NC(=O)O)(c1ccccc1)c1ccccc1I. The van der Waals surface area contributed by atoms with Crippen LogP contribution in [0.2, 0.25) is 0 Å². The topological polar surface area (TPSA) is 69.6 Å². The van der Waals surface area contributed by atoms with Crippen molar-refractivity contribution in [3.8, 4) is 0 Å². The number of carbonyl (C=O) groups is 1. The summed E-state index contributed by atoms with van der Waals surface area (Å²) in [4.78, 5) is 11.5. The Hall–Kier alpha value is -1.60. The van der Waals surface area contributed by atoms with Gasteiger partial charge in [0.15, 0.2) is 0 Å². The molecule has 0 bridgehead atoms. The smallest absolute Gasteiger partial charge is 0.405 e. The van der Waals surface area contributed by atoms with Gasteiger partial charge in [-0.15, -0.1) is 0 Å². The number of hydrogen-bond acceptors (Lipinski definition) is 2. The average molecular weight is 411 g/mol. The molecule has 0 aliphatic carbocycles. The Labute approximate surface area is 143 Å². The number of benzene rings is 2.